The molecule has 2 heterocycles. The lowest BCUT2D eigenvalue weighted by Gasteiger charge is -2.11. The zero-order valence-corrected chi connectivity index (χ0v) is 14.8. The fourth-order valence-corrected chi connectivity index (χ4v) is 3.28. The minimum absolute atomic E-state index is 0.00485. The van der Waals surface area contributed by atoms with E-state index in [4.69, 9.17) is 4.74 Å². The Kier molecular flexibility index (Phi) is 6.08. The molecule has 0 radical (unpaired) electrons. The largest absolute Gasteiger partial charge is 0.376 e. The van der Waals surface area contributed by atoms with Crippen LogP contribution in [0.25, 0.3) is 0 Å². The summed E-state index contributed by atoms with van der Waals surface area (Å²) in [5.74, 6) is -0.803. The van der Waals surface area contributed by atoms with Crippen LogP contribution in [-0.2, 0) is 16.1 Å². The Hall–Kier alpha value is -2.59. The Balaban J connectivity index is 1.48. The third-order valence-electron chi connectivity index (χ3n) is 3.82. The van der Waals surface area contributed by atoms with Crippen molar-refractivity contribution in [3.05, 3.63) is 46.4 Å². The molecular formula is C16H19N5O4S. The number of aromatic amines is 1. The average Bonchev–Trinajstić information content (AvgIpc) is 3.30. The normalized spacial score (nSPS) is 16.4. The first-order valence-corrected chi connectivity index (χ1v) is 9.16. The molecule has 0 spiro atoms. The van der Waals surface area contributed by atoms with Gasteiger partial charge in [-0.15, -0.1) is 5.10 Å². The minimum Gasteiger partial charge on any atom is -0.376 e. The summed E-state index contributed by atoms with van der Waals surface area (Å²) in [4.78, 5) is 35.6. The molecule has 1 aliphatic rings. The topological polar surface area (TPSA) is 118 Å². The summed E-state index contributed by atoms with van der Waals surface area (Å²) in [5.41, 5.74) is 4.80. The van der Waals surface area contributed by atoms with Crippen molar-refractivity contribution >= 4 is 23.6 Å². The van der Waals surface area contributed by atoms with E-state index in [1.54, 1.807) is 30.3 Å². The van der Waals surface area contributed by atoms with Crippen molar-refractivity contribution in [1.29, 1.82) is 0 Å². The van der Waals surface area contributed by atoms with Crippen molar-refractivity contribution in [2.24, 2.45) is 0 Å². The van der Waals surface area contributed by atoms with Gasteiger partial charge >= 0.3 is 5.69 Å². The van der Waals surface area contributed by atoms with E-state index in [0.29, 0.717) is 23.9 Å². The number of carbonyl (C=O) groups is 2. The first-order chi connectivity index (χ1) is 12.6. The molecule has 1 aromatic carbocycles. The minimum atomic E-state index is -0.404. The van der Waals surface area contributed by atoms with Crippen molar-refractivity contribution in [1.82, 2.24) is 25.6 Å². The lowest BCUT2D eigenvalue weighted by atomic mass is 10.2. The van der Waals surface area contributed by atoms with E-state index >= 15 is 0 Å². The highest BCUT2D eigenvalue weighted by Gasteiger charge is 2.20. The Morgan fingerprint density at radius 1 is 1.31 bits per heavy atom. The SMILES string of the molecule is O=C(CSc1n[nH]c(=O)n1C[C@H]1CCCO1)NNC(=O)c1ccccc1. The van der Waals surface area contributed by atoms with Crippen LogP contribution in [0.1, 0.15) is 23.2 Å². The number of hydrazine groups is 1. The van der Waals surface area contributed by atoms with Gasteiger partial charge in [0.25, 0.3) is 5.91 Å². The number of hydrogen-bond acceptors (Lipinski definition) is 6. The molecule has 2 amide bonds. The van der Waals surface area contributed by atoms with Crippen LogP contribution in [0.5, 0.6) is 0 Å². The van der Waals surface area contributed by atoms with Gasteiger partial charge in [0.05, 0.1) is 18.4 Å². The van der Waals surface area contributed by atoms with Gasteiger partial charge in [0.1, 0.15) is 0 Å². The molecular weight excluding hydrogens is 358 g/mol. The molecule has 0 unspecified atom stereocenters. The third-order valence-corrected chi connectivity index (χ3v) is 4.79. The van der Waals surface area contributed by atoms with Gasteiger partial charge in [-0.2, -0.15) is 0 Å². The van der Waals surface area contributed by atoms with Crippen molar-refractivity contribution < 1.29 is 14.3 Å². The number of ether oxygens (including phenoxy) is 1. The highest BCUT2D eigenvalue weighted by molar-refractivity contribution is 7.99. The molecule has 0 saturated carbocycles. The van der Waals surface area contributed by atoms with Crippen molar-refractivity contribution in [3.8, 4) is 0 Å². The number of benzene rings is 1. The second-order valence-electron chi connectivity index (χ2n) is 5.71. The summed E-state index contributed by atoms with van der Waals surface area (Å²) in [6.07, 6.45) is 1.86. The maximum absolute atomic E-state index is 11.9. The maximum Gasteiger partial charge on any atom is 0.344 e. The molecule has 1 aliphatic heterocycles. The van der Waals surface area contributed by atoms with E-state index in [2.05, 4.69) is 21.0 Å². The van der Waals surface area contributed by atoms with Crippen molar-refractivity contribution in [2.75, 3.05) is 12.4 Å². The fourth-order valence-electron chi connectivity index (χ4n) is 2.52. The first kappa shape index (κ1) is 18.2. The van der Waals surface area contributed by atoms with Crippen LogP contribution in [0.4, 0.5) is 0 Å². The van der Waals surface area contributed by atoms with Crippen LogP contribution in [-0.4, -0.2) is 45.0 Å². The average molecular weight is 377 g/mol. The van der Waals surface area contributed by atoms with Gasteiger partial charge in [-0.05, 0) is 25.0 Å². The number of thioether (sulfide) groups is 1. The molecule has 9 nitrogen and oxygen atoms in total. The van der Waals surface area contributed by atoms with Crippen LogP contribution in [0, 0.1) is 0 Å². The Morgan fingerprint density at radius 3 is 2.85 bits per heavy atom. The molecule has 0 aliphatic carbocycles. The summed E-state index contributed by atoms with van der Waals surface area (Å²) >= 11 is 1.11. The smallest absolute Gasteiger partial charge is 0.344 e. The number of carbonyl (C=O) groups excluding carboxylic acids is 2. The number of amides is 2. The number of hydrogen-bond donors (Lipinski definition) is 3. The quantitative estimate of drug-likeness (QED) is 0.492. The van der Waals surface area contributed by atoms with E-state index in [1.807, 2.05) is 0 Å². The second kappa shape index (κ2) is 8.68. The highest BCUT2D eigenvalue weighted by Crippen LogP contribution is 2.17. The first-order valence-electron chi connectivity index (χ1n) is 8.17. The Labute approximate surface area is 153 Å². The maximum atomic E-state index is 11.9. The van der Waals surface area contributed by atoms with Gasteiger partial charge in [0, 0.05) is 12.2 Å². The molecule has 1 fully saturated rings. The molecule has 138 valence electrons. The number of nitrogens with zero attached hydrogens (tertiary/aromatic N) is 2. The highest BCUT2D eigenvalue weighted by atomic mass is 32.2. The number of rotatable bonds is 6. The summed E-state index contributed by atoms with van der Waals surface area (Å²) < 4.78 is 7.00. The van der Waals surface area contributed by atoms with Gasteiger partial charge in [-0.1, -0.05) is 30.0 Å². The molecule has 26 heavy (non-hydrogen) atoms. The van der Waals surface area contributed by atoms with Crippen LogP contribution in [0.15, 0.2) is 40.3 Å². The molecule has 0 bridgehead atoms. The van der Waals surface area contributed by atoms with Crippen molar-refractivity contribution in [2.45, 2.75) is 30.6 Å². The molecule has 1 saturated heterocycles. The molecule has 2 aromatic rings. The van der Waals surface area contributed by atoms with Crippen LogP contribution in [0.3, 0.4) is 0 Å². The molecule has 3 N–H and O–H groups in total. The van der Waals surface area contributed by atoms with Crippen LogP contribution < -0.4 is 16.5 Å². The van der Waals surface area contributed by atoms with E-state index in [0.717, 1.165) is 24.6 Å². The van der Waals surface area contributed by atoms with Gasteiger partial charge in [-0.3, -0.25) is 25.0 Å². The van der Waals surface area contributed by atoms with E-state index in [1.165, 1.54) is 4.57 Å². The van der Waals surface area contributed by atoms with E-state index < -0.39 is 11.8 Å². The summed E-state index contributed by atoms with van der Waals surface area (Å²) in [7, 11) is 0. The van der Waals surface area contributed by atoms with E-state index in [-0.39, 0.29) is 17.5 Å². The van der Waals surface area contributed by atoms with Gasteiger partial charge in [0.15, 0.2) is 5.16 Å². The number of H-pyrrole nitrogens is 1. The summed E-state index contributed by atoms with van der Waals surface area (Å²) in [6, 6.07) is 8.55. The standard InChI is InChI=1S/C16H19N5O4S/c22-13(17-18-14(23)11-5-2-1-3-6-11)10-26-16-20-19-15(24)21(16)9-12-7-4-8-25-12/h1-3,5-6,12H,4,7-10H2,(H,17,22)(H,18,23)(H,19,24)/t12-/m1/s1. The number of aromatic nitrogens is 3. The second-order valence-corrected chi connectivity index (χ2v) is 6.66. The monoisotopic (exact) mass is 377 g/mol. The lowest BCUT2D eigenvalue weighted by molar-refractivity contribution is -0.119. The zero-order valence-electron chi connectivity index (χ0n) is 13.9. The fraction of sp³-hybridized carbons (Fsp3) is 0.375. The molecule has 1 aromatic heterocycles. The Morgan fingerprint density at radius 2 is 2.12 bits per heavy atom. The van der Waals surface area contributed by atoms with Crippen molar-refractivity contribution in [3.63, 3.8) is 0 Å². The molecule has 10 heteroatoms. The zero-order chi connectivity index (χ0) is 18.4. The Bertz CT molecular complexity index is 814. The summed E-state index contributed by atoms with van der Waals surface area (Å²) in [6.45, 7) is 1.10. The van der Waals surface area contributed by atoms with Crippen LogP contribution >= 0.6 is 11.8 Å². The predicted octanol–water partition coefficient (Wildman–Crippen LogP) is 0.304. The molecule has 3 rings (SSSR count). The lowest BCUT2D eigenvalue weighted by Crippen LogP contribution is -2.42. The predicted molar refractivity (Wildman–Crippen MR) is 94.6 cm³/mol. The summed E-state index contributed by atoms with van der Waals surface area (Å²) in [5, 5.41) is 6.74. The number of nitrogens with one attached hydrogen (secondary N) is 3. The van der Waals surface area contributed by atoms with Crippen LogP contribution in [0.2, 0.25) is 0 Å². The third kappa shape index (κ3) is 4.73. The van der Waals surface area contributed by atoms with Gasteiger partial charge in [0.2, 0.25) is 5.91 Å². The van der Waals surface area contributed by atoms with Gasteiger partial charge in [-0.25, -0.2) is 9.89 Å². The van der Waals surface area contributed by atoms with Gasteiger partial charge < -0.3 is 4.74 Å². The molecule has 1 atom stereocenters. The van der Waals surface area contributed by atoms with E-state index in [9.17, 15) is 14.4 Å².